The summed E-state index contributed by atoms with van der Waals surface area (Å²) in [6, 6.07) is -0.0892. The highest BCUT2D eigenvalue weighted by atomic mass is 19.3. The first-order chi connectivity index (χ1) is 18.0. The van der Waals surface area contributed by atoms with Gasteiger partial charge in [-0.1, -0.05) is 13.8 Å². The molecule has 2 aliphatic carbocycles. The first-order valence-electron chi connectivity index (χ1n) is 14.5. The third kappa shape index (κ3) is 4.71. The molecule has 210 valence electrons. The molecule has 3 unspecified atom stereocenters. The molecule has 4 atom stereocenters. The van der Waals surface area contributed by atoms with E-state index in [0.717, 1.165) is 51.1 Å². The second-order valence-electron chi connectivity index (χ2n) is 13.2. The third-order valence-electron chi connectivity index (χ3n) is 10.2. The molecule has 3 aliphatic heterocycles. The Morgan fingerprint density at radius 1 is 1.24 bits per heavy atom. The minimum atomic E-state index is -2.63. The van der Waals surface area contributed by atoms with E-state index in [0.29, 0.717) is 44.0 Å². The maximum atomic E-state index is 14.1. The molecule has 4 fully saturated rings. The van der Waals surface area contributed by atoms with Gasteiger partial charge in [0.15, 0.2) is 0 Å². The molecule has 2 N–H and O–H groups in total. The minimum Gasteiger partial charge on any atom is -0.356 e. The van der Waals surface area contributed by atoms with Gasteiger partial charge >= 0.3 is 0 Å². The highest BCUT2D eigenvalue weighted by molar-refractivity contribution is 5.92. The number of rotatable bonds is 7. The Bertz CT molecular complexity index is 1100. The van der Waals surface area contributed by atoms with Crippen LogP contribution in [0.3, 0.4) is 0 Å². The molecule has 1 amide bonds. The number of nitrogens with one attached hydrogen (secondary N) is 2. The summed E-state index contributed by atoms with van der Waals surface area (Å²) in [7, 11) is 2.22. The Kier molecular flexibility index (Phi) is 6.28. The number of aromatic nitrogens is 2. The lowest BCUT2D eigenvalue weighted by molar-refractivity contribution is -0.127. The summed E-state index contributed by atoms with van der Waals surface area (Å²) in [6.45, 7) is 8.92. The smallest absolute Gasteiger partial charge is 0.250 e. The van der Waals surface area contributed by atoms with E-state index in [9.17, 15) is 13.6 Å². The second-order valence-corrected chi connectivity index (χ2v) is 13.2. The summed E-state index contributed by atoms with van der Waals surface area (Å²) in [5, 5.41) is 3.08. The van der Waals surface area contributed by atoms with Crippen molar-refractivity contribution in [1.29, 1.82) is 0 Å². The maximum absolute atomic E-state index is 14.1. The van der Waals surface area contributed by atoms with Crippen molar-refractivity contribution in [3.05, 3.63) is 11.9 Å². The number of hydrogen-bond donors (Lipinski definition) is 2. The lowest BCUT2D eigenvalue weighted by Gasteiger charge is -2.44. The quantitative estimate of drug-likeness (QED) is 0.554. The van der Waals surface area contributed by atoms with E-state index in [4.69, 9.17) is 9.98 Å². The van der Waals surface area contributed by atoms with E-state index < -0.39 is 11.3 Å². The molecule has 2 saturated carbocycles. The van der Waals surface area contributed by atoms with Gasteiger partial charge in [-0.25, -0.2) is 18.4 Å². The van der Waals surface area contributed by atoms with Gasteiger partial charge in [-0.05, 0) is 71.3 Å². The summed E-state index contributed by atoms with van der Waals surface area (Å²) in [6.07, 6.45) is 8.39. The number of alkyl halides is 2. The van der Waals surface area contributed by atoms with E-state index in [2.05, 4.69) is 41.4 Å². The first-order valence-corrected chi connectivity index (χ1v) is 14.5. The van der Waals surface area contributed by atoms with E-state index in [1.54, 1.807) is 0 Å². The van der Waals surface area contributed by atoms with Crippen molar-refractivity contribution in [2.24, 2.45) is 22.2 Å². The SMILES string of the molecule is CC1CNC(=O)[C@@H](CC2Nn3cc(C(C)CCC4(C(C)(F)F)CC4)nc3N=C2N2CCN(C)C3(CC3)C2)C1. The highest BCUT2D eigenvalue weighted by Crippen LogP contribution is 2.60. The molecule has 1 aromatic heterocycles. The molecule has 0 radical (unpaired) electrons. The number of amidine groups is 1. The number of hydrogen-bond acceptors (Lipinski definition) is 6. The number of carbonyl (C=O) groups excluding carboxylic acids is 1. The van der Waals surface area contributed by atoms with Crippen LogP contribution in [0.15, 0.2) is 11.2 Å². The Labute approximate surface area is 224 Å². The maximum Gasteiger partial charge on any atom is 0.250 e. The van der Waals surface area contributed by atoms with Gasteiger partial charge in [0.05, 0.1) is 11.9 Å². The van der Waals surface area contributed by atoms with Gasteiger partial charge in [0.25, 0.3) is 11.9 Å². The average molecular weight is 532 g/mol. The Balaban J connectivity index is 1.23. The highest BCUT2D eigenvalue weighted by Gasteiger charge is 2.58. The molecular formula is C28H43F2N7O. The fraction of sp³-hybridized carbons (Fsp3) is 0.821. The zero-order valence-corrected chi connectivity index (χ0v) is 23.3. The number of piperidine rings is 1. The first kappa shape index (κ1) is 26.0. The van der Waals surface area contributed by atoms with Crippen LogP contribution < -0.4 is 10.7 Å². The fourth-order valence-corrected chi connectivity index (χ4v) is 6.88. The van der Waals surface area contributed by atoms with Gasteiger partial charge in [0.2, 0.25) is 5.91 Å². The molecule has 4 heterocycles. The lowest BCUT2D eigenvalue weighted by Crippen LogP contribution is -2.59. The second kappa shape index (κ2) is 9.17. The van der Waals surface area contributed by atoms with Gasteiger partial charge in [-0.15, -0.1) is 0 Å². The number of carbonyl (C=O) groups is 1. The summed E-state index contributed by atoms with van der Waals surface area (Å²) in [5.74, 6) is -0.429. The van der Waals surface area contributed by atoms with Gasteiger partial charge in [0.1, 0.15) is 11.9 Å². The summed E-state index contributed by atoms with van der Waals surface area (Å²) < 4.78 is 30.1. The number of aliphatic imine (C=N–C) groups is 1. The van der Waals surface area contributed by atoms with E-state index >= 15 is 0 Å². The van der Waals surface area contributed by atoms with Crippen LogP contribution in [-0.4, -0.2) is 81.9 Å². The predicted molar refractivity (Wildman–Crippen MR) is 143 cm³/mol. The number of imidazole rings is 1. The molecule has 8 nitrogen and oxygen atoms in total. The zero-order valence-electron chi connectivity index (χ0n) is 23.3. The average Bonchev–Trinajstić information content (AvgIpc) is 3.78. The van der Waals surface area contributed by atoms with Crippen LogP contribution in [0.1, 0.15) is 83.7 Å². The molecule has 2 saturated heterocycles. The van der Waals surface area contributed by atoms with Crippen molar-refractivity contribution < 1.29 is 13.6 Å². The van der Waals surface area contributed by atoms with Crippen molar-refractivity contribution in [3.8, 4) is 0 Å². The van der Waals surface area contributed by atoms with Gasteiger partial charge < -0.3 is 15.6 Å². The Hall–Kier alpha value is -2.23. The molecule has 0 aromatic carbocycles. The molecule has 1 spiro atoms. The number of nitrogens with zero attached hydrogens (tertiary/aromatic N) is 5. The number of amides is 1. The van der Waals surface area contributed by atoms with Crippen molar-refractivity contribution >= 4 is 17.7 Å². The zero-order chi connectivity index (χ0) is 26.9. The standard InChI is InChI=1S/C28H43F2N7O/c1-18-13-20(24(38)31-15-18)14-21-23(36-12-11-35(4)28(17-36)9-10-28)33-25-32-22(16-37(25)34-21)19(2)5-6-27(7-8-27)26(3,29)30/h16,18-21,34H,5-15,17H2,1-4H3,(H,31,38)/t18?,19?,20-,21?/m1/s1. The monoisotopic (exact) mass is 531 g/mol. The van der Waals surface area contributed by atoms with Crippen LogP contribution in [-0.2, 0) is 4.79 Å². The summed E-state index contributed by atoms with van der Waals surface area (Å²) in [4.78, 5) is 27.6. The topological polar surface area (TPSA) is 77.8 Å². The predicted octanol–water partition coefficient (Wildman–Crippen LogP) is 4.10. The molecule has 10 heteroatoms. The van der Waals surface area contributed by atoms with Crippen LogP contribution in [0.4, 0.5) is 14.7 Å². The molecular weight excluding hydrogens is 488 g/mol. The van der Waals surface area contributed by atoms with Crippen LogP contribution in [0.2, 0.25) is 0 Å². The Morgan fingerprint density at radius 3 is 2.68 bits per heavy atom. The number of piperazine rings is 1. The van der Waals surface area contributed by atoms with Crippen molar-refractivity contribution in [1.82, 2.24) is 24.8 Å². The van der Waals surface area contributed by atoms with Crippen molar-refractivity contribution in [2.45, 2.75) is 95.6 Å². The number of halogens is 2. The van der Waals surface area contributed by atoms with Gasteiger partial charge in [-0.2, -0.15) is 4.99 Å². The van der Waals surface area contributed by atoms with E-state index in [1.165, 1.54) is 12.8 Å². The number of likely N-dealkylation sites (N-methyl/N-ethyl adjacent to an activating group) is 1. The molecule has 6 rings (SSSR count). The molecule has 5 aliphatic rings. The van der Waals surface area contributed by atoms with Gasteiger partial charge in [-0.3, -0.25) is 9.69 Å². The van der Waals surface area contributed by atoms with Crippen LogP contribution >= 0.6 is 0 Å². The van der Waals surface area contributed by atoms with Crippen LogP contribution in [0.25, 0.3) is 0 Å². The fourth-order valence-electron chi connectivity index (χ4n) is 6.88. The summed E-state index contributed by atoms with van der Waals surface area (Å²) in [5.41, 5.74) is 3.94. The van der Waals surface area contributed by atoms with E-state index in [1.807, 2.05) is 10.9 Å². The van der Waals surface area contributed by atoms with Crippen LogP contribution in [0, 0.1) is 17.3 Å². The van der Waals surface area contributed by atoms with Crippen molar-refractivity contribution in [2.75, 3.05) is 38.7 Å². The lowest BCUT2D eigenvalue weighted by atomic mass is 9.86. The largest absolute Gasteiger partial charge is 0.356 e. The summed E-state index contributed by atoms with van der Waals surface area (Å²) >= 11 is 0. The molecule has 1 aromatic rings. The number of fused-ring (bicyclic) bond motifs is 1. The Morgan fingerprint density at radius 2 is 2.00 bits per heavy atom. The van der Waals surface area contributed by atoms with Gasteiger partial charge in [0, 0.05) is 49.0 Å². The molecule has 0 bridgehead atoms. The normalized spacial score (nSPS) is 30.8. The van der Waals surface area contributed by atoms with E-state index in [-0.39, 0.29) is 29.3 Å². The van der Waals surface area contributed by atoms with Crippen molar-refractivity contribution in [3.63, 3.8) is 0 Å². The third-order valence-corrected chi connectivity index (χ3v) is 10.2. The molecule has 38 heavy (non-hydrogen) atoms. The minimum absolute atomic E-state index is 0.0577. The van der Waals surface area contributed by atoms with Crippen LogP contribution in [0.5, 0.6) is 0 Å².